The quantitative estimate of drug-likeness (QED) is 0.800. The molecule has 15 heavy (non-hydrogen) atoms. The molecule has 0 aromatic carbocycles. The van der Waals surface area contributed by atoms with Crippen LogP contribution in [0.5, 0.6) is 0 Å². The second kappa shape index (κ2) is 5.80. The van der Waals surface area contributed by atoms with Gasteiger partial charge in [0.15, 0.2) is 0 Å². The summed E-state index contributed by atoms with van der Waals surface area (Å²) in [5.41, 5.74) is 0.496. The number of thioether (sulfide) groups is 2. The fraction of sp³-hybridized carbons (Fsp3) is 1.00. The SMILES string of the molecule is COCC1(CNC2CSCCSC2)CC1. The summed E-state index contributed by atoms with van der Waals surface area (Å²) in [6.07, 6.45) is 2.70. The molecule has 1 N–H and O–H groups in total. The predicted molar refractivity (Wildman–Crippen MR) is 70.0 cm³/mol. The molecular weight excluding hydrogens is 226 g/mol. The topological polar surface area (TPSA) is 21.3 Å². The molecule has 2 aliphatic rings. The summed E-state index contributed by atoms with van der Waals surface area (Å²) in [4.78, 5) is 0. The average molecular weight is 247 g/mol. The van der Waals surface area contributed by atoms with Gasteiger partial charge in [-0.1, -0.05) is 0 Å². The third kappa shape index (κ3) is 3.84. The zero-order valence-electron chi connectivity index (χ0n) is 9.46. The maximum atomic E-state index is 5.28. The van der Waals surface area contributed by atoms with E-state index in [1.165, 1.54) is 35.9 Å². The van der Waals surface area contributed by atoms with E-state index in [4.69, 9.17) is 4.74 Å². The van der Waals surface area contributed by atoms with Crippen molar-refractivity contribution in [2.45, 2.75) is 18.9 Å². The highest BCUT2D eigenvalue weighted by Crippen LogP contribution is 2.45. The van der Waals surface area contributed by atoms with E-state index in [1.54, 1.807) is 0 Å². The molecule has 0 atom stereocenters. The minimum absolute atomic E-state index is 0.496. The summed E-state index contributed by atoms with van der Waals surface area (Å²) >= 11 is 4.19. The lowest BCUT2D eigenvalue weighted by molar-refractivity contribution is 0.139. The van der Waals surface area contributed by atoms with Crippen LogP contribution in [-0.4, -0.2) is 49.3 Å². The van der Waals surface area contributed by atoms with Gasteiger partial charge >= 0.3 is 0 Å². The van der Waals surface area contributed by atoms with Gasteiger partial charge in [0.25, 0.3) is 0 Å². The van der Waals surface area contributed by atoms with Gasteiger partial charge in [-0.2, -0.15) is 23.5 Å². The van der Waals surface area contributed by atoms with Crippen LogP contribution >= 0.6 is 23.5 Å². The first-order valence-corrected chi connectivity index (χ1v) is 8.03. The van der Waals surface area contributed by atoms with Crippen LogP contribution in [-0.2, 0) is 4.74 Å². The van der Waals surface area contributed by atoms with Crippen LogP contribution in [0.3, 0.4) is 0 Å². The van der Waals surface area contributed by atoms with E-state index in [1.807, 2.05) is 7.11 Å². The average Bonchev–Trinajstić information content (AvgIpc) is 3.00. The smallest absolute Gasteiger partial charge is 0.0530 e. The summed E-state index contributed by atoms with van der Waals surface area (Å²) in [5.74, 6) is 5.23. The Morgan fingerprint density at radius 1 is 1.27 bits per heavy atom. The van der Waals surface area contributed by atoms with E-state index in [0.717, 1.165) is 19.2 Å². The molecular formula is C11H21NOS2. The van der Waals surface area contributed by atoms with Crippen molar-refractivity contribution in [2.24, 2.45) is 5.41 Å². The van der Waals surface area contributed by atoms with E-state index in [9.17, 15) is 0 Å². The molecule has 0 unspecified atom stereocenters. The van der Waals surface area contributed by atoms with Crippen molar-refractivity contribution >= 4 is 23.5 Å². The number of hydrogen-bond donors (Lipinski definition) is 1. The fourth-order valence-corrected chi connectivity index (χ4v) is 4.42. The minimum atomic E-state index is 0.496. The van der Waals surface area contributed by atoms with Gasteiger partial charge in [-0.05, 0) is 12.8 Å². The lowest BCUT2D eigenvalue weighted by Gasteiger charge is -2.20. The Morgan fingerprint density at radius 3 is 2.47 bits per heavy atom. The molecule has 2 fully saturated rings. The monoisotopic (exact) mass is 247 g/mol. The number of ether oxygens (including phenoxy) is 1. The molecule has 4 heteroatoms. The van der Waals surface area contributed by atoms with Crippen LogP contribution in [0.1, 0.15) is 12.8 Å². The molecule has 1 saturated carbocycles. The molecule has 1 aliphatic heterocycles. The van der Waals surface area contributed by atoms with Crippen molar-refractivity contribution in [1.82, 2.24) is 5.32 Å². The van der Waals surface area contributed by atoms with Crippen molar-refractivity contribution in [3.63, 3.8) is 0 Å². The Morgan fingerprint density at radius 2 is 1.93 bits per heavy atom. The second-order valence-corrected chi connectivity index (χ2v) is 6.96. The van der Waals surface area contributed by atoms with Crippen LogP contribution in [0.2, 0.25) is 0 Å². The number of rotatable bonds is 5. The van der Waals surface area contributed by atoms with Gasteiger partial charge in [0.1, 0.15) is 0 Å². The highest BCUT2D eigenvalue weighted by Gasteiger charge is 2.42. The molecule has 1 saturated heterocycles. The molecule has 88 valence electrons. The Bertz CT molecular complexity index is 189. The number of nitrogens with one attached hydrogen (secondary N) is 1. The van der Waals surface area contributed by atoms with Gasteiger partial charge in [0.2, 0.25) is 0 Å². The molecule has 0 aromatic rings. The summed E-state index contributed by atoms with van der Waals surface area (Å²) in [6, 6.07) is 0.719. The van der Waals surface area contributed by atoms with Crippen LogP contribution in [0, 0.1) is 5.41 Å². The standard InChI is InChI=1S/C11H21NOS2/c1-13-9-11(2-3-11)8-12-10-6-14-4-5-15-7-10/h10,12H,2-9H2,1H3. The van der Waals surface area contributed by atoms with Crippen molar-refractivity contribution in [3.05, 3.63) is 0 Å². The highest BCUT2D eigenvalue weighted by molar-refractivity contribution is 8.03. The van der Waals surface area contributed by atoms with Gasteiger partial charge in [0.05, 0.1) is 6.61 Å². The Kier molecular flexibility index (Phi) is 4.68. The highest BCUT2D eigenvalue weighted by atomic mass is 32.2. The molecule has 2 rings (SSSR count). The molecule has 1 heterocycles. The van der Waals surface area contributed by atoms with Crippen LogP contribution < -0.4 is 5.32 Å². The summed E-state index contributed by atoms with van der Waals surface area (Å²) in [7, 11) is 1.82. The largest absolute Gasteiger partial charge is 0.384 e. The zero-order valence-corrected chi connectivity index (χ0v) is 11.1. The fourth-order valence-electron chi connectivity index (χ4n) is 1.95. The van der Waals surface area contributed by atoms with Gasteiger partial charge in [-0.3, -0.25) is 0 Å². The van der Waals surface area contributed by atoms with Gasteiger partial charge in [-0.15, -0.1) is 0 Å². The van der Waals surface area contributed by atoms with Crippen molar-refractivity contribution in [2.75, 3.05) is 43.3 Å². The lowest BCUT2D eigenvalue weighted by atomic mass is 10.1. The number of methoxy groups -OCH3 is 1. The van der Waals surface area contributed by atoms with Crippen LogP contribution in [0.15, 0.2) is 0 Å². The summed E-state index contributed by atoms with van der Waals surface area (Å²) in [6.45, 7) is 2.10. The molecule has 0 bridgehead atoms. The first-order valence-electron chi connectivity index (χ1n) is 5.72. The molecule has 0 radical (unpaired) electrons. The van der Waals surface area contributed by atoms with E-state index in [0.29, 0.717) is 5.41 Å². The molecule has 0 amide bonds. The maximum absolute atomic E-state index is 5.28. The minimum Gasteiger partial charge on any atom is -0.384 e. The molecule has 0 spiro atoms. The molecule has 2 nitrogen and oxygen atoms in total. The lowest BCUT2D eigenvalue weighted by Crippen LogP contribution is -2.38. The van der Waals surface area contributed by atoms with Crippen molar-refractivity contribution in [3.8, 4) is 0 Å². The van der Waals surface area contributed by atoms with E-state index in [-0.39, 0.29) is 0 Å². The first kappa shape index (κ1) is 12.1. The Labute approximate surface area is 101 Å². The Hall–Kier alpha value is 0.620. The maximum Gasteiger partial charge on any atom is 0.0530 e. The zero-order chi connectivity index (χ0) is 10.6. The van der Waals surface area contributed by atoms with Gasteiger partial charge in [0, 0.05) is 48.1 Å². The van der Waals surface area contributed by atoms with Gasteiger partial charge in [-0.25, -0.2) is 0 Å². The third-order valence-electron chi connectivity index (χ3n) is 3.18. The van der Waals surface area contributed by atoms with Crippen LogP contribution in [0.4, 0.5) is 0 Å². The van der Waals surface area contributed by atoms with E-state index >= 15 is 0 Å². The van der Waals surface area contributed by atoms with Crippen molar-refractivity contribution < 1.29 is 4.74 Å². The third-order valence-corrected chi connectivity index (χ3v) is 5.70. The second-order valence-electron chi connectivity index (χ2n) is 4.66. The van der Waals surface area contributed by atoms with E-state index < -0.39 is 0 Å². The first-order chi connectivity index (χ1) is 7.35. The molecule has 0 aromatic heterocycles. The Balaban J connectivity index is 1.67. The van der Waals surface area contributed by atoms with Gasteiger partial charge < -0.3 is 10.1 Å². The number of hydrogen-bond acceptors (Lipinski definition) is 4. The van der Waals surface area contributed by atoms with Crippen LogP contribution in [0.25, 0.3) is 0 Å². The van der Waals surface area contributed by atoms with E-state index in [2.05, 4.69) is 28.8 Å². The van der Waals surface area contributed by atoms with Crippen molar-refractivity contribution in [1.29, 1.82) is 0 Å². The summed E-state index contributed by atoms with van der Waals surface area (Å²) < 4.78 is 5.28. The predicted octanol–water partition coefficient (Wildman–Crippen LogP) is 1.85. The summed E-state index contributed by atoms with van der Waals surface area (Å²) in [5, 5.41) is 3.73. The molecule has 1 aliphatic carbocycles. The normalized spacial score (nSPS) is 26.2.